The molecule has 1 amide bonds. The Hall–Kier alpha value is -1.57. The van der Waals surface area contributed by atoms with Crippen molar-refractivity contribution in [2.24, 2.45) is 5.92 Å². The molecule has 1 atom stereocenters. The van der Waals surface area contributed by atoms with E-state index < -0.39 is 0 Å². The fraction of sp³-hybridized carbons (Fsp3) is 0.308. The van der Waals surface area contributed by atoms with E-state index in [1.807, 2.05) is 6.08 Å². The Kier molecular flexibility index (Phi) is 2.86. The normalized spacial score (nSPS) is 22.9. The van der Waals surface area contributed by atoms with E-state index >= 15 is 0 Å². The molecule has 0 spiro atoms. The van der Waals surface area contributed by atoms with Crippen LogP contribution in [0.3, 0.4) is 0 Å². The van der Waals surface area contributed by atoms with Crippen molar-refractivity contribution < 1.29 is 4.79 Å². The maximum atomic E-state index is 11.2. The van der Waals surface area contributed by atoms with Gasteiger partial charge < -0.3 is 5.32 Å². The molecule has 0 aromatic heterocycles. The lowest BCUT2D eigenvalue weighted by Crippen LogP contribution is -2.18. The van der Waals surface area contributed by atoms with Crippen LogP contribution in [0.2, 0.25) is 0 Å². The highest BCUT2D eigenvalue weighted by Gasteiger charge is 2.15. The van der Waals surface area contributed by atoms with Crippen LogP contribution in [0.15, 0.2) is 47.6 Å². The third kappa shape index (κ3) is 2.27. The van der Waals surface area contributed by atoms with Crippen LogP contribution in [0.4, 0.5) is 0 Å². The molecule has 0 aliphatic heterocycles. The highest BCUT2D eigenvalue weighted by atomic mass is 16.1. The number of carbonyl (C=O) groups excluding carboxylic acids is 1. The molecule has 2 aliphatic carbocycles. The molecule has 0 aromatic rings. The average Bonchev–Trinajstić information content (AvgIpc) is 2.29. The first kappa shape index (κ1) is 9.97. The molecular formula is C13H15NO. The summed E-state index contributed by atoms with van der Waals surface area (Å²) < 4.78 is 0. The quantitative estimate of drug-likeness (QED) is 0.728. The first-order valence-electron chi connectivity index (χ1n) is 5.25. The van der Waals surface area contributed by atoms with Gasteiger partial charge in [0.25, 0.3) is 0 Å². The van der Waals surface area contributed by atoms with Gasteiger partial charge >= 0.3 is 0 Å². The molecule has 0 heterocycles. The van der Waals surface area contributed by atoms with Gasteiger partial charge in [0.2, 0.25) is 5.91 Å². The zero-order chi connectivity index (χ0) is 10.7. The summed E-state index contributed by atoms with van der Waals surface area (Å²) in [5, 5.41) is 2.64. The topological polar surface area (TPSA) is 29.1 Å². The number of nitrogens with one attached hydrogen (secondary N) is 1. The molecule has 0 radical (unpaired) electrons. The van der Waals surface area contributed by atoms with Gasteiger partial charge in [0.1, 0.15) is 0 Å². The lowest BCUT2D eigenvalue weighted by molar-refractivity contribution is -0.119. The van der Waals surface area contributed by atoms with Crippen molar-refractivity contribution in [2.75, 3.05) is 7.05 Å². The number of fused-ring (bicyclic) bond motifs is 1. The first-order valence-corrected chi connectivity index (χ1v) is 5.25. The molecule has 0 saturated heterocycles. The Morgan fingerprint density at radius 2 is 2.40 bits per heavy atom. The highest BCUT2D eigenvalue weighted by Crippen LogP contribution is 2.29. The Morgan fingerprint density at radius 1 is 1.53 bits per heavy atom. The zero-order valence-corrected chi connectivity index (χ0v) is 8.86. The van der Waals surface area contributed by atoms with Crippen LogP contribution in [0, 0.1) is 5.92 Å². The maximum absolute atomic E-state index is 11.2. The second kappa shape index (κ2) is 4.30. The molecule has 2 heteroatoms. The van der Waals surface area contributed by atoms with Gasteiger partial charge in [-0.15, -0.1) is 0 Å². The smallest absolute Gasteiger partial charge is 0.224 e. The molecule has 2 aliphatic rings. The molecule has 0 saturated carbocycles. The average molecular weight is 201 g/mol. The lowest BCUT2D eigenvalue weighted by atomic mass is 9.85. The second-order valence-corrected chi connectivity index (χ2v) is 3.86. The van der Waals surface area contributed by atoms with E-state index in [9.17, 15) is 4.79 Å². The number of rotatable bonds is 2. The van der Waals surface area contributed by atoms with Gasteiger partial charge in [0, 0.05) is 13.0 Å². The molecule has 0 aromatic carbocycles. The lowest BCUT2D eigenvalue weighted by Gasteiger charge is -2.20. The zero-order valence-electron chi connectivity index (χ0n) is 8.86. The molecule has 1 N–H and O–H groups in total. The van der Waals surface area contributed by atoms with Gasteiger partial charge in [-0.05, 0) is 17.6 Å². The van der Waals surface area contributed by atoms with Gasteiger partial charge in [-0.25, -0.2) is 0 Å². The van der Waals surface area contributed by atoms with Gasteiger partial charge in [-0.3, -0.25) is 4.79 Å². The Labute approximate surface area is 90.1 Å². The SMILES string of the molecule is CNC(=O)CC1=C[C@@H]2CC=CC=C2C=C1. The number of carbonyl (C=O) groups is 1. The molecule has 78 valence electrons. The predicted molar refractivity (Wildman–Crippen MR) is 61.2 cm³/mol. The van der Waals surface area contributed by atoms with E-state index in [1.165, 1.54) is 5.57 Å². The molecule has 0 unspecified atom stereocenters. The van der Waals surface area contributed by atoms with Crippen LogP contribution < -0.4 is 5.32 Å². The van der Waals surface area contributed by atoms with Crippen molar-refractivity contribution in [1.82, 2.24) is 5.32 Å². The number of hydrogen-bond acceptors (Lipinski definition) is 1. The highest BCUT2D eigenvalue weighted by molar-refractivity contribution is 5.79. The minimum atomic E-state index is 0.0738. The summed E-state index contributed by atoms with van der Waals surface area (Å²) in [6.07, 6.45) is 14.3. The summed E-state index contributed by atoms with van der Waals surface area (Å²) in [6.45, 7) is 0. The number of hydrogen-bond donors (Lipinski definition) is 1. The molecule has 0 bridgehead atoms. The summed E-state index contributed by atoms with van der Waals surface area (Å²) in [6, 6.07) is 0. The van der Waals surface area contributed by atoms with Gasteiger partial charge in [0.05, 0.1) is 6.42 Å². The predicted octanol–water partition coefficient (Wildman–Crippen LogP) is 2.12. The van der Waals surface area contributed by atoms with Crippen LogP contribution in [0.1, 0.15) is 12.8 Å². The van der Waals surface area contributed by atoms with Crippen LogP contribution in [-0.2, 0) is 4.79 Å². The van der Waals surface area contributed by atoms with Crippen LogP contribution in [-0.4, -0.2) is 13.0 Å². The Morgan fingerprint density at radius 3 is 3.20 bits per heavy atom. The van der Waals surface area contributed by atoms with E-state index in [0.717, 1.165) is 12.0 Å². The van der Waals surface area contributed by atoms with Crippen molar-refractivity contribution in [3.05, 3.63) is 47.6 Å². The van der Waals surface area contributed by atoms with Crippen LogP contribution in [0.25, 0.3) is 0 Å². The number of amides is 1. The van der Waals surface area contributed by atoms with E-state index in [4.69, 9.17) is 0 Å². The Bertz CT molecular complexity index is 385. The van der Waals surface area contributed by atoms with Gasteiger partial charge in [-0.1, -0.05) is 36.5 Å². The van der Waals surface area contributed by atoms with Crippen molar-refractivity contribution in [3.8, 4) is 0 Å². The molecule has 15 heavy (non-hydrogen) atoms. The first-order chi connectivity index (χ1) is 7.29. The summed E-state index contributed by atoms with van der Waals surface area (Å²) in [7, 11) is 1.67. The molecular weight excluding hydrogens is 186 g/mol. The summed E-state index contributed by atoms with van der Waals surface area (Å²) in [5.41, 5.74) is 2.46. The van der Waals surface area contributed by atoms with E-state index in [0.29, 0.717) is 12.3 Å². The van der Waals surface area contributed by atoms with Crippen molar-refractivity contribution in [2.45, 2.75) is 12.8 Å². The van der Waals surface area contributed by atoms with Gasteiger partial charge in [0.15, 0.2) is 0 Å². The standard InChI is InChI=1S/C13H15NO/c1-14-13(15)9-10-6-7-11-4-2-3-5-12(11)8-10/h2-4,6-8,12H,5,9H2,1H3,(H,14,15)/t12-/m0/s1. The van der Waals surface area contributed by atoms with Crippen LogP contribution in [0.5, 0.6) is 0 Å². The van der Waals surface area contributed by atoms with E-state index in [1.54, 1.807) is 7.05 Å². The van der Waals surface area contributed by atoms with E-state index in [2.05, 4.69) is 35.7 Å². The number of allylic oxidation sites excluding steroid dienone is 7. The van der Waals surface area contributed by atoms with Crippen molar-refractivity contribution in [3.63, 3.8) is 0 Å². The Balaban J connectivity index is 2.09. The summed E-state index contributed by atoms with van der Waals surface area (Å²) in [4.78, 5) is 11.2. The second-order valence-electron chi connectivity index (χ2n) is 3.86. The summed E-state index contributed by atoms with van der Waals surface area (Å²) in [5.74, 6) is 0.546. The van der Waals surface area contributed by atoms with Crippen molar-refractivity contribution in [1.29, 1.82) is 0 Å². The third-order valence-electron chi connectivity index (χ3n) is 2.79. The van der Waals surface area contributed by atoms with Crippen molar-refractivity contribution >= 4 is 5.91 Å². The molecule has 2 nitrogen and oxygen atoms in total. The molecule has 2 rings (SSSR count). The van der Waals surface area contributed by atoms with Crippen LogP contribution >= 0.6 is 0 Å². The third-order valence-corrected chi connectivity index (χ3v) is 2.79. The minimum absolute atomic E-state index is 0.0738. The minimum Gasteiger partial charge on any atom is -0.359 e. The van der Waals surface area contributed by atoms with E-state index in [-0.39, 0.29) is 5.91 Å². The monoisotopic (exact) mass is 201 g/mol. The fourth-order valence-electron chi connectivity index (χ4n) is 1.92. The maximum Gasteiger partial charge on any atom is 0.224 e. The van der Waals surface area contributed by atoms with Gasteiger partial charge in [-0.2, -0.15) is 0 Å². The molecule has 0 fully saturated rings. The fourth-order valence-corrected chi connectivity index (χ4v) is 1.92. The summed E-state index contributed by atoms with van der Waals surface area (Å²) >= 11 is 0. The largest absolute Gasteiger partial charge is 0.359 e.